The number of aromatic amines is 1. The standard InChI is InChI=1S/C17H22N4O4S/c1-5-19-14(22)13-11(3)12(9-21-10(2)8-18-16(21)23)26-15(13)20(17(19)24)6-7-25-4/h8H,5-7,9H2,1-4H3,(H,18,23). The van der Waals surface area contributed by atoms with Crippen molar-refractivity contribution in [1.29, 1.82) is 0 Å². The van der Waals surface area contributed by atoms with Gasteiger partial charge in [0.1, 0.15) is 4.83 Å². The highest BCUT2D eigenvalue weighted by molar-refractivity contribution is 7.18. The summed E-state index contributed by atoms with van der Waals surface area (Å²) in [6.45, 7) is 6.91. The maximum atomic E-state index is 12.8. The molecule has 0 spiro atoms. The minimum Gasteiger partial charge on any atom is -0.383 e. The Kier molecular flexibility index (Phi) is 5.01. The average Bonchev–Trinajstić information content (AvgIpc) is 3.10. The van der Waals surface area contributed by atoms with Gasteiger partial charge in [-0.05, 0) is 26.3 Å². The van der Waals surface area contributed by atoms with Crippen molar-refractivity contribution in [2.75, 3.05) is 13.7 Å². The second-order valence-corrected chi connectivity index (χ2v) is 7.21. The van der Waals surface area contributed by atoms with Crippen molar-refractivity contribution in [2.45, 2.75) is 40.4 Å². The van der Waals surface area contributed by atoms with Gasteiger partial charge in [-0.1, -0.05) is 0 Å². The molecule has 3 aromatic heterocycles. The van der Waals surface area contributed by atoms with E-state index in [9.17, 15) is 14.4 Å². The lowest BCUT2D eigenvalue weighted by Gasteiger charge is -2.10. The van der Waals surface area contributed by atoms with Gasteiger partial charge in [-0.25, -0.2) is 9.59 Å². The van der Waals surface area contributed by atoms with E-state index in [2.05, 4.69) is 4.98 Å². The number of hydrogen-bond donors (Lipinski definition) is 1. The summed E-state index contributed by atoms with van der Waals surface area (Å²) in [7, 11) is 1.57. The molecule has 140 valence electrons. The molecule has 1 N–H and O–H groups in total. The van der Waals surface area contributed by atoms with E-state index in [0.29, 0.717) is 36.5 Å². The summed E-state index contributed by atoms with van der Waals surface area (Å²) < 4.78 is 9.57. The summed E-state index contributed by atoms with van der Waals surface area (Å²) >= 11 is 1.38. The van der Waals surface area contributed by atoms with Gasteiger partial charge in [-0.3, -0.25) is 18.5 Å². The van der Waals surface area contributed by atoms with Gasteiger partial charge in [-0.15, -0.1) is 11.3 Å². The first-order chi connectivity index (χ1) is 12.4. The molecule has 0 radical (unpaired) electrons. The number of rotatable bonds is 6. The zero-order chi connectivity index (χ0) is 19.0. The molecule has 3 rings (SSSR count). The first-order valence-corrected chi connectivity index (χ1v) is 9.21. The predicted octanol–water partition coefficient (Wildman–Crippen LogP) is 1.05. The van der Waals surface area contributed by atoms with E-state index in [1.807, 2.05) is 13.8 Å². The highest BCUT2D eigenvalue weighted by Crippen LogP contribution is 2.28. The van der Waals surface area contributed by atoms with Gasteiger partial charge in [0.15, 0.2) is 0 Å². The Morgan fingerprint density at radius 2 is 1.88 bits per heavy atom. The second-order valence-electron chi connectivity index (χ2n) is 6.13. The number of methoxy groups -OCH3 is 1. The molecule has 0 saturated heterocycles. The summed E-state index contributed by atoms with van der Waals surface area (Å²) in [6, 6.07) is 0. The molecule has 0 aliphatic rings. The van der Waals surface area contributed by atoms with Crippen LogP contribution in [0.2, 0.25) is 0 Å². The average molecular weight is 378 g/mol. The maximum Gasteiger partial charge on any atom is 0.332 e. The molecular weight excluding hydrogens is 356 g/mol. The molecule has 3 heterocycles. The lowest BCUT2D eigenvalue weighted by atomic mass is 10.2. The monoisotopic (exact) mass is 378 g/mol. The van der Waals surface area contributed by atoms with Gasteiger partial charge in [0.05, 0.1) is 25.1 Å². The number of fused-ring (bicyclic) bond motifs is 1. The van der Waals surface area contributed by atoms with Crippen molar-refractivity contribution in [3.05, 3.63) is 53.7 Å². The molecule has 0 bridgehead atoms. The number of ether oxygens (including phenoxy) is 1. The molecule has 0 atom stereocenters. The summed E-state index contributed by atoms with van der Waals surface area (Å²) in [5, 5.41) is 0.545. The van der Waals surface area contributed by atoms with E-state index in [1.165, 1.54) is 15.9 Å². The van der Waals surface area contributed by atoms with E-state index < -0.39 is 0 Å². The van der Waals surface area contributed by atoms with Gasteiger partial charge < -0.3 is 9.72 Å². The third-order valence-electron chi connectivity index (χ3n) is 4.61. The third-order valence-corrected chi connectivity index (χ3v) is 5.90. The zero-order valence-electron chi connectivity index (χ0n) is 15.3. The van der Waals surface area contributed by atoms with Crippen LogP contribution in [0.4, 0.5) is 0 Å². The Bertz CT molecular complexity index is 1130. The van der Waals surface area contributed by atoms with Gasteiger partial charge in [0, 0.05) is 30.4 Å². The SMILES string of the molecule is CCn1c(=O)c2c(C)c(Cn3c(C)c[nH]c3=O)sc2n(CCOC)c1=O. The molecule has 0 unspecified atom stereocenters. The Hall–Kier alpha value is -2.39. The summed E-state index contributed by atoms with van der Waals surface area (Å²) in [5.74, 6) is 0. The Morgan fingerprint density at radius 1 is 1.15 bits per heavy atom. The number of nitrogens with zero attached hydrogens (tertiary/aromatic N) is 3. The van der Waals surface area contributed by atoms with Crippen molar-refractivity contribution in [2.24, 2.45) is 0 Å². The number of thiophene rings is 1. The molecule has 26 heavy (non-hydrogen) atoms. The molecule has 8 nitrogen and oxygen atoms in total. The fourth-order valence-electron chi connectivity index (χ4n) is 3.07. The Morgan fingerprint density at radius 3 is 2.46 bits per heavy atom. The molecule has 0 aliphatic carbocycles. The molecule has 0 saturated carbocycles. The van der Waals surface area contributed by atoms with Crippen LogP contribution in [0.3, 0.4) is 0 Å². The van der Waals surface area contributed by atoms with Crippen molar-refractivity contribution >= 4 is 21.6 Å². The highest BCUT2D eigenvalue weighted by atomic mass is 32.1. The molecular formula is C17H22N4O4S. The molecule has 9 heteroatoms. The normalized spacial score (nSPS) is 11.5. The number of nitrogens with one attached hydrogen (secondary N) is 1. The van der Waals surface area contributed by atoms with Gasteiger partial charge in [0.25, 0.3) is 5.56 Å². The van der Waals surface area contributed by atoms with Crippen LogP contribution in [0.15, 0.2) is 20.6 Å². The van der Waals surface area contributed by atoms with Crippen LogP contribution in [0, 0.1) is 13.8 Å². The number of aryl methyl sites for hydroxylation is 2. The minimum absolute atomic E-state index is 0.193. The predicted molar refractivity (Wildman–Crippen MR) is 102 cm³/mol. The van der Waals surface area contributed by atoms with Crippen molar-refractivity contribution in [3.63, 3.8) is 0 Å². The first-order valence-electron chi connectivity index (χ1n) is 8.40. The van der Waals surface area contributed by atoms with E-state index in [0.717, 1.165) is 16.1 Å². The van der Waals surface area contributed by atoms with Crippen LogP contribution in [0.1, 0.15) is 23.1 Å². The fourth-order valence-corrected chi connectivity index (χ4v) is 4.38. The molecule has 0 fully saturated rings. The summed E-state index contributed by atoms with van der Waals surface area (Å²) in [6.07, 6.45) is 1.66. The number of aromatic nitrogens is 4. The smallest absolute Gasteiger partial charge is 0.332 e. The topological polar surface area (TPSA) is 91.0 Å². The minimum atomic E-state index is -0.329. The van der Waals surface area contributed by atoms with E-state index in [1.54, 1.807) is 29.4 Å². The van der Waals surface area contributed by atoms with Crippen LogP contribution in [0.25, 0.3) is 10.2 Å². The first kappa shape index (κ1) is 18.4. The van der Waals surface area contributed by atoms with Crippen molar-refractivity contribution in [1.82, 2.24) is 18.7 Å². The molecule has 0 amide bonds. The summed E-state index contributed by atoms with van der Waals surface area (Å²) in [4.78, 5) is 41.7. The third kappa shape index (κ3) is 2.86. The lowest BCUT2D eigenvalue weighted by Crippen LogP contribution is -2.39. The second kappa shape index (κ2) is 7.08. The van der Waals surface area contributed by atoms with E-state index >= 15 is 0 Å². The van der Waals surface area contributed by atoms with Gasteiger partial charge >= 0.3 is 11.4 Å². The fraction of sp³-hybridized carbons (Fsp3) is 0.471. The number of imidazole rings is 1. The van der Waals surface area contributed by atoms with Gasteiger partial charge in [-0.2, -0.15) is 0 Å². The van der Waals surface area contributed by atoms with Crippen LogP contribution in [-0.2, 0) is 24.4 Å². The number of H-pyrrole nitrogens is 1. The zero-order valence-corrected chi connectivity index (χ0v) is 16.1. The van der Waals surface area contributed by atoms with Crippen LogP contribution < -0.4 is 16.9 Å². The quantitative estimate of drug-likeness (QED) is 0.694. The molecule has 0 aliphatic heterocycles. The van der Waals surface area contributed by atoms with E-state index in [-0.39, 0.29) is 16.9 Å². The van der Waals surface area contributed by atoms with Crippen molar-refractivity contribution in [3.8, 4) is 0 Å². The number of hydrogen-bond acceptors (Lipinski definition) is 5. The van der Waals surface area contributed by atoms with Crippen molar-refractivity contribution < 1.29 is 4.74 Å². The lowest BCUT2D eigenvalue weighted by molar-refractivity contribution is 0.186. The summed E-state index contributed by atoms with van der Waals surface area (Å²) in [5.41, 5.74) is 0.830. The maximum absolute atomic E-state index is 12.8. The Labute approximate surface area is 153 Å². The molecule has 0 aromatic carbocycles. The largest absolute Gasteiger partial charge is 0.383 e. The van der Waals surface area contributed by atoms with Crippen LogP contribution >= 0.6 is 11.3 Å². The Balaban J connectivity index is 2.27. The van der Waals surface area contributed by atoms with Gasteiger partial charge in [0.2, 0.25) is 0 Å². The van der Waals surface area contributed by atoms with Crippen LogP contribution in [0.5, 0.6) is 0 Å². The van der Waals surface area contributed by atoms with Crippen LogP contribution in [-0.4, -0.2) is 32.4 Å². The van der Waals surface area contributed by atoms with E-state index in [4.69, 9.17) is 4.74 Å². The highest BCUT2D eigenvalue weighted by Gasteiger charge is 2.20. The molecule has 3 aromatic rings.